The molecule has 0 aliphatic carbocycles. The molecule has 0 saturated heterocycles. The lowest BCUT2D eigenvalue weighted by Gasteiger charge is -2.10. The number of halogens is 3. The van der Waals surface area contributed by atoms with Gasteiger partial charge in [0.1, 0.15) is 0 Å². The van der Waals surface area contributed by atoms with E-state index in [2.05, 4.69) is 9.71 Å². The summed E-state index contributed by atoms with van der Waals surface area (Å²) in [6.45, 7) is 3.87. The summed E-state index contributed by atoms with van der Waals surface area (Å²) in [5, 5.41) is 0.712. The molecule has 0 radical (unpaired) electrons. The highest BCUT2D eigenvalue weighted by Gasteiger charge is 2.31. The third kappa shape index (κ3) is 4.08. The monoisotopic (exact) mass is 397 g/mol. The standard InChI is InChI=1S/C18H18F3N3O2S/c1-11(2)24-10-16(12-6-13(9-22-8-12)18(19,20)21)15-5-4-14(7-17(15)24)23-27(3,25)26/h4-11,23H,1-3H3. The SMILES string of the molecule is CC(C)n1cc(-c2cncc(C(F)(F)F)c2)c2ccc(NS(C)(=O)=O)cc21. The average Bonchev–Trinajstić information content (AvgIpc) is 2.91. The summed E-state index contributed by atoms with van der Waals surface area (Å²) in [5.41, 5.74) is 1.23. The Morgan fingerprint density at radius 1 is 1.15 bits per heavy atom. The van der Waals surface area contributed by atoms with E-state index < -0.39 is 21.8 Å². The van der Waals surface area contributed by atoms with Gasteiger partial charge in [0.2, 0.25) is 10.0 Å². The molecule has 0 saturated carbocycles. The zero-order chi connectivity index (χ0) is 20.0. The molecule has 5 nitrogen and oxygen atoms in total. The number of rotatable bonds is 4. The van der Waals surface area contributed by atoms with E-state index in [9.17, 15) is 21.6 Å². The van der Waals surface area contributed by atoms with Crippen LogP contribution in [0.2, 0.25) is 0 Å². The summed E-state index contributed by atoms with van der Waals surface area (Å²) < 4.78 is 66.4. The van der Waals surface area contributed by atoms with Gasteiger partial charge in [-0.3, -0.25) is 9.71 Å². The van der Waals surface area contributed by atoms with Crippen molar-refractivity contribution >= 4 is 26.6 Å². The number of nitrogens with one attached hydrogen (secondary N) is 1. The summed E-state index contributed by atoms with van der Waals surface area (Å²) in [7, 11) is -3.44. The van der Waals surface area contributed by atoms with E-state index >= 15 is 0 Å². The van der Waals surface area contributed by atoms with Crippen LogP contribution >= 0.6 is 0 Å². The zero-order valence-corrected chi connectivity index (χ0v) is 15.7. The van der Waals surface area contributed by atoms with Gasteiger partial charge >= 0.3 is 6.18 Å². The van der Waals surface area contributed by atoms with Gasteiger partial charge in [-0.1, -0.05) is 6.07 Å². The highest BCUT2D eigenvalue weighted by molar-refractivity contribution is 7.92. The summed E-state index contributed by atoms with van der Waals surface area (Å²) in [6, 6.07) is 6.03. The third-order valence-electron chi connectivity index (χ3n) is 4.07. The van der Waals surface area contributed by atoms with Gasteiger partial charge in [-0.25, -0.2) is 8.42 Å². The maximum Gasteiger partial charge on any atom is 0.417 e. The van der Waals surface area contributed by atoms with Crippen molar-refractivity contribution in [2.75, 3.05) is 11.0 Å². The van der Waals surface area contributed by atoms with Gasteiger partial charge in [-0.2, -0.15) is 13.2 Å². The van der Waals surface area contributed by atoms with Crippen molar-refractivity contribution in [2.24, 2.45) is 0 Å². The lowest BCUT2D eigenvalue weighted by molar-refractivity contribution is -0.137. The molecular formula is C18H18F3N3O2S. The molecular weight excluding hydrogens is 379 g/mol. The molecule has 144 valence electrons. The number of aromatic nitrogens is 2. The second-order valence-electron chi connectivity index (χ2n) is 6.61. The fourth-order valence-corrected chi connectivity index (χ4v) is 3.48. The van der Waals surface area contributed by atoms with Gasteiger partial charge in [0.15, 0.2) is 0 Å². The molecule has 27 heavy (non-hydrogen) atoms. The predicted molar refractivity (Wildman–Crippen MR) is 99.0 cm³/mol. The van der Waals surface area contributed by atoms with Crippen molar-refractivity contribution in [3.8, 4) is 11.1 Å². The molecule has 0 fully saturated rings. The first-order valence-corrected chi connectivity index (χ1v) is 10.00. The Bertz CT molecular complexity index is 1100. The van der Waals surface area contributed by atoms with Crippen LogP contribution in [0.15, 0.2) is 42.9 Å². The number of nitrogens with zero attached hydrogens (tertiary/aromatic N) is 2. The summed E-state index contributed by atoms with van der Waals surface area (Å²) in [4.78, 5) is 3.73. The van der Waals surface area contributed by atoms with Gasteiger partial charge < -0.3 is 4.57 Å². The Morgan fingerprint density at radius 3 is 2.44 bits per heavy atom. The molecule has 9 heteroatoms. The van der Waals surface area contributed by atoms with Crippen molar-refractivity contribution in [1.82, 2.24) is 9.55 Å². The molecule has 3 rings (SSSR count). The molecule has 0 amide bonds. The minimum atomic E-state index is -4.48. The van der Waals surface area contributed by atoms with E-state index in [0.717, 1.165) is 18.5 Å². The Hall–Kier alpha value is -2.55. The van der Waals surface area contributed by atoms with Crippen LogP contribution in [0.1, 0.15) is 25.5 Å². The average molecular weight is 397 g/mol. The quantitative estimate of drug-likeness (QED) is 0.696. The molecule has 0 aliphatic heterocycles. The summed E-state index contributed by atoms with van der Waals surface area (Å²) in [6.07, 6.45) is 0.512. The van der Waals surface area contributed by atoms with Crippen molar-refractivity contribution in [2.45, 2.75) is 26.1 Å². The maximum atomic E-state index is 13.0. The van der Waals surface area contributed by atoms with Crippen LogP contribution in [-0.4, -0.2) is 24.2 Å². The summed E-state index contributed by atoms with van der Waals surface area (Å²) >= 11 is 0. The molecule has 3 aromatic rings. The Kier molecular flexibility index (Phi) is 4.67. The van der Waals surface area contributed by atoms with Crippen LogP contribution < -0.4 is 4.72 Å². The van der Waals surface area contributed by atoms with Crippen molar-refractivity contribution in [3.63, 3.8) is 0 Å². The van der Waals surface area contributed by atoms with Crippen LogP contribution in [0.5, 0.6) is 0 Å². The molecule has 0 bridgehead atoms. The topological polar surface area (TPSA) is 64.0 Å². The van der Waals surface area contributed by atoms with E-state index in [1.165, 1.54) is 6.20 Å². The van der Waals surface area contributed by atoms with E-state index in [1.807, 2.05) is 18.4 Å². The van der Waals surface area contributed by atoms with Gasteiger partial charge in [0.05, 0.1) is 23.0 Å². The first-order chi connectivity index (χ1) is 12.5. The van der Waals surface area contributed by atoms with Crippen molar-refractivity contribution in [3.05, 3.63) is 48.4 Å². The lowest BCUT2D eigenvalue weighted by Crippen LogP contribution is -2.09. The van der Waals surface area contributed by atoms with Crippen LogP contribution in [-0.2, 0) is 16.2 Å². The number of hydrogen-bond donors (Lipinski definition) is 1. The molecule has 2 aromatic heterocycles. The predicted octanol–water partition coefficient (Wildman–Crippen LogP) is 4.67. The fourth-order valence-electron chi connectivity index (χ4n) is 2.93. The number of pyridine rings is 1. The Morgan fingerprint density at radius 2 is 1.85 bits per heavy atom. The number of alkyl halides is 3. The summed E-state index contributed by atoms with van der Waals surface area (Å²) in [5.74, 6) is 0. The third-order valence-corrected chi connectivity index (χ3v) is 4.68. The van der Waals surface area contributed by atoms with E-state index in [0.29, 0.717) is 27.7 Å². The first-order valence-electron chi connectivity index (χ1n) is 8.11. The maximum absolute atomic E-state index is 13.0. The Balaban J connectivity index is 2.20. The number of anilines is 1. The molecule has 0 atom stereocenters. The zero-order valence-electron chi connectivity index (χ0n) is 14.9. The highest BCUT2D eigenvalue weighted by Crippen LogP contribution is 2.36. The second kappa shape index (κ2) is 6.56. The molecule has 1 N–H and O–H groups in total. The van der Waals surface area contributed by atoms with Gasteiger partial charge in [0.25, 0.3) is 0 Å². The van der Waals surface area contributed by atoms with E-state index in [4.69, 9.17) is 0 Å². The number of fused-ring (bicyclic) bond motifs is 1. The highest BCUT2D eigenvalue weighted by atomic mass is 32.2. The van der Waals surface area contributed by atoms with Gasteiger partial charge in [-0.05, 0) is 32.0 Å². The number of hydrogen-bond acceptors (Lipinski definition) is 3. The normalized spacial score (nSPS) is 12.7. The van der Waals surface area contributed by atoms with Gasteiger partial charge in [-0.15, -0.1) is 0 Å². The van der Waals surface area contributed by atoms with Crippen LogP contribution in [0.25, 0.3) is 22.0 Å². The smallest absolute Gasteiger partial charge is 0.344 e. The largest absolute Gasteiger partial charge is 0.417 e. The van der Waals surface area contributed by atoms with Gasteiger partial charge in [0, 0.05) is 41.1 Å². The van der Waals surface area contributed by atoms with E-state index in [1.54, 1.807) is 24.4 Å². The number of benzene rings is 1. The number of sulfonamides is 1. The Labute approximate surface area is 154 Å². The molecule has 2 heterocycles. The molecule has 0 aliphatic rings. The van der Waals surface area contributed by atoms with Crippen LogP contribution in [0.4, 0.5) is 18.9 Å². The minimum absolute atomic E-state index is 0.0218. The molecule has 0 spiro atoms. The van der Waals surface area contributed by atoms with Crippen LogP contribution in [0.3, 0.4) is 0 Å². The molecule has 0 unspecified atom stereocenters. The lowest BCUT2D eigenvalue weighted by atomic mass is 10.0. The molecule has 1 aromatic carbocycles. The van der Waals surface area contributed by atoms with Crippen LogP contribution in [0, 0.1) is 0 Å². The van der Waals surface area contributed by atoms with Crippen molar-refractivity contribution in [1.29, 1.82) is 0 Å². The van der Waals surface area contributed by atoms with E-state index in [-0.39, 0.29) is 6.04 Å². The second-order valence-corrected chi connectivity index (χ2v) is 8.36. The minimum Gasteiger partial charge on any atom is -0.344 e. The first kappa shape index (κ1) is 19.2. The fraction of sp³-hybridized carbons (Fsp3) is 0.278. The van der Waals surface area contributed by atoms with Crippen molar-refractivity contribution < 1.29 is 21.6 Å².